The maximum Gasteiger partial charge on any atom is 0.104 e. The molecule has 0 amide bonds. The van der Waals surface area contributed by atoms with Crippen LogP contribution in [0.3, 0.4) is 0 Å². The Morgan fingerprint density at radius 3 is 2.33 bits per heavy atom. The Kier molecular flexibility index (Phi) is 6.07. The molecule has 6 heteroatoms. The topological polar surface area (TPSA) is 88.4 Å². The van der Waals surface area contributed by atoms with E-state index in [4.69, 9.17) is 24.4 Å². The molecular formula is C9H18O6. The first-order valence-corrected chi connectivity index (χ1v) is 4.96. The van der Waals surface area contributed by atoms with Crippen LogP contribution in [-0.4, -0.2) is 73.3 Å². The molecule has 0 aromatic rings. The summed E-state index contributed by atoms with van der Waals surface area (Å²) in [6, 6.07) is 0. The van der Waals surface area contributed by atoms with Crippen molar-refractivity contribution in [2.45, 2.75) is 18.3 Å². The highest BCUT2D eigenvalue weighted by Crippen LogP contribution is 2.02. The van der Waals surface area contributed by atoms with Gasteiger partial charge in [-0.3, -0.25) is 0 Å². The molecule has 0 spiro atoms. The SMILES string of the molecule is OCC(O)COC1COCC(O)COC1. The monoisotopic (exact) mass is 222 g/mol. The zero-order valence-corrected chi connectivity index (χ0v) is 8.54. The lowest BCUT2D eigenvalue weighted by molar-refractivity contribution is -0.126. The predicted molar refractivity (Wildman–Crippen MR) is 50.5 cm³/mol. The first-order valence-electron chi connectivity index (χ1n) is 4.96. The first kappa shape index (κ1) is 12.8. The van der Waals surface area contributed by atoms with Gasteiger partial charge in [-0.05, 0) is 0 Å². The van der Waals surface area contributed by atoms with Crippen molar-refractivity contribution in [2.75, 3.05) is 39.6 Å². The third-order valence-corrected chi connectivity index (χ3v) is 1.96. The molecule has 1 atom stereocenters. The summed E-state index contributed by atoms with van der Waals surface area (Å²) >= 11 is 0. The van der Waals surface area contributed by atoms with Crippen molar-refractivity contribution in [2.24, 2.45) is 0 Å². The van der Waals surface area contributed by atoms with Crippen molar-refractivity contribution in [3.8, 4) is 0 Å². The summed E-state index contributed by atoms with van der Waals surface area (Å²) in [4.78, 5) is 0. The Hall–Kier alpha value is -0.240. The van der Waals surface area contributed by atoms with Crippen LogP contribution in [0.2, 0.25) is 0 Å². The predicted octanol–water partition coefficient (Wildman–Crippen LogP) is -1.87. The van der Waals surface area contributed by atoms with Crippen molar-refractivity contribution < 1.29 is 29.5 Å². The fourth-order valence-electron chi connectivity index (χ4n) is 1.16. The minimum absolute atomic E-state index is 0.0520. The van der Waals surface area contributed by atoms with Gasteiger partial charge < -0.3 is 29.5 Å². The molecule has 0 aromatic carbocycles. The molecule has 0 radical (unpaired) electrons. The van der Waals surface area contributed by atoms with E-state index in [1.807, 2.05) is 0 Å². The minimum atomic E-state index is -0.874. The third kappa shape index (κ3) is 5.41. The zero-order valence-electron chi connectivity index (χ0n) is 8.54. The molecule has 1 aliphatic heterocycles. The van der Waals surface area contributed by atoms with Gasteiger partial charge in [0, 0.05) is 0 Å². The molecule has 1 aliphatic rings. The third-order valence-electron chi connectivity index (χ3n) is 1.96. The Morgan fingerprint density at radius 1 is 1.20 bits per heavy atom. The van der Waals surface area contributed by atoms with E-state index >= 15 is 0 Å². The number of hydrogen-bond donors (Lipinski definition) is 3. The molecule has 0 aromatic heterocycles. The zero-order chi connectivity index (χ0) is 11.1. The molecular weight excluding hydrogens is 204 g/mol. The van der Waals surface area contributed by atoms with Gasteiger partial charge >= 0.3 is 0 Å². The second kappa shape index (κ2) is 7.10. The van der Waals surface area contributed by atoms with Crippen molar-refractivity contribution in [1.29, 1.82) is 0 Å². The van der Waals surface area contributed by atoms with Gasteiger partial charge in [-0.15, -0.1) is 0 Å². The lowest BCUT2D eigenvalue weighted by Crippen LogP contribution is -2.36. The highest BCUT2D eigenvalue weighted by Gasteiger charge is 2.17. The molecule has 1 fully saturated rings. The van der Waals surface area contributed by atoms with Crippen LogP contribution >= 0.6 is 0 Å². The molecule has 1 saturated heterocycles. The Labute approximate surface area is 88.4 Å². The average Bonchev–Trinajstić information content (AvgIpc) is 2.21. The maximum atomic E-state index is 9.19. The van der Waals surface area contributed by atoms with Gasteiger partial charge in [-0.1, -0.05) is 0 Å². The van der Waals surface area contributed by atoms with Gasteiger partial charge in [0.1, 0.15) is 18.3 Å². The molecule has 0 aliphatic carbocycles. The number of aliphatic hydroxyl groups excluding tert-OH is 3. The minimum Gasteiger partial charge on any atom is -0.394 e. The van der Waals surface area contributed by atoms with Gasteiger partial charge in [0.25, 0.3) is 0 Å². The van der Waals surface area contributed by atoms with Crippen LogP contribution in [0.1, 0.15) is 0 Å². The van der Waals surface area contributed by atoms with E-state index < -0.39 is 12.2 Å². The number of hydrogen-bond acceptors (Lipinski definition) is 6. The Bertz CT molecular complexity index is 155. The van der Waals surface area contributed by atoms with Gasteiger partial charge in [-0.2, -0.15) is 0 Å². The van der Waals surface area contributed by atoms with E-state index in [1.165, 1.54) is 0 Å². The highest BCUT2D eigenvalue weighted by molar-refractivity contribution is 4.63. The second-order valence-corrected chi connectivity index (χ2v) is 3.52. The summed E-state index contributed by atoms with van der Waals surface area (Å²) in [7, 11) is 0. The van der Waals surface area contributed by atoms with Crippen LogP contribution in [0.4, 0.5) is 0 Å². The van der Waals surface area contributed by atoms with E-state index in [0.29, 0.717) is 13.2 Å². The fraction of sp³-hybridized carbons (Fsp3) is 1.00. The first-order chi connectivity index (χ1) is 7.22. The molecule has 6 nitrogen and oxygen atoms in total. The quantitative estimate of drug-likeness (QED) is 0.516. The molecule has 1 rings (SSSR count). The van der Waals surface area contributed by atoms with E-state index in [9.17, 15) is 5.11 Å². The lowest BCUT2D eigenvalue weighted by atomic mass is 10.3. The summed E-state index contributed by atoms with van der Waals surface area (Å²) in [5.74, 6) is 0. The summed E-state index contributed by atoms with van der Waals surface area (Å²) in [5, 5.41) is 26.8. The van der Waals surface area contributed by atoms with Crippen LogP contribution in [0.25, 0.3) is 0 Å². The Balaban J connectivity index is 2.17. The van der Waals surface area contributed by atoms with Crippen LogP contribution in [0, 0.1) is 0 Å². The van der Waals surface area contributed by atoms with Gasteiger partial charge in [-0.25, -0.2) is 0 Å². The van der Waals surface area contributed by atoms with E-state index in [-0.39, 0.29) is 32.5 Å². The standard InChI is InChI=1S/C9H18O6/c10-1-7(11)4-15-9-5-13-2-8(12)3-14-6-9/h7-12H,1-6H2. The molecule has 15 heavy (non-hydrogen) atoms. The van der Waals surface area contributed by atoms with Crippen molar-refractivity contribution in [3.63, 3.8) is 0 Å². The average molecular weight is 222 g/mol. The number of ether oxygens (including phenoxy) is 3. The van der Waals surface area contributed by atoms with Crippen molar-refractivity contribution >= 4 is 0 Å². The Morgan fingerprint density at radius 2 is 1.80 bits per heavy atom. The molecule has 3 N–H and O–H groups in total. The summed E-state index contributed by atoms with van der Waals surface area (Å²) in [6.45, 7) is 0.804. The second-order valence-electron chi connectivity index (χ2n) is 3.52. The molecule has 0 bridgehead atoms. The number of rotatable bonds is 4. The van der Waals surface area contributed by atoms with Gasteiger partial charge in [0.05, 0.1) is 39.6 Å². The van der Waals surface area contributed by atoms with E-state index in [2.05, 4.69) is 0 Å². The molecule has 90 valence electrons. The fourth-order valence-corrected chi connectivity index (χ4v) is 1.16. The van der Waals surface area contributed by atoms with Gasteiger partial charge in [0.15, 0.2) is 0 Å². The lowest BCUT2D eigenvalue weighted by Gasteiger charge is -2.23. The van der Waals surface area contributed by atoms with Crippen LogP contribution in [0.5, 0.6) is 0 Å². The summed E-state index contributed by atoms with van der Waals surface area (Å²) in [6.07, 6.45) is -1.73. The largest absolute Gasteiger partial charge is 0.394 e. The summed E-state index contributed by atoms with van der Waals surface area (Å²) in [5.41, 5.74) is 0. The maximum absolute atomic E-state index is 9.19. The number of aliphatic hydroxyl groups is 3. The van der Waals surface area contributed by atoms with E-state index in [1.54, 1.807) is 0 Å². The van der Waals surface area contributed by atoms with Crippen molar-refractivity contribution in [3.05, 3.63) is 0 Å². The van der Waals surface area contributed by atoms with Crippen LogP contribution in [0.15, 0.2) is 0 Å². The van der Waals surface area contributed by atoms with Crippen LogP contribution in [-0.2, 0) is 14.2 Å². The van der Waals surface area contributed by atoms with E-state index in [0.717, 1.165) is 0 Å². The molecule has 0 saturated carbocycles. The van der Waals surface area contributed by atoms with Crippen molar-refractivity contribution in [1.82, 2.24) is 0 Å². The smallest absolute Gasteiger partial charge is 0.104 e. The summed E-state index contributed by atoms with van der Waals surface area (Å²) < 4.78 is 15.6. The van der Waals surface area contributed by atoms with Crippen LogP contribution < -0.4 is 0 Å². The highest BCUT2D eigenvalue weighted by atomic mass is 16.6. The molecule has 1 unspecified atom stereocenters. The molecule has 1 heterocycles. The normalized spacial score (nSPS) is 30.6. The van der Waals surface area contributed by atoms with Gasteiger partial charge in [0.2, 0.25) is 0 Å².